The maximum atomic E-state index is 13.2. The lowest BCUT2D eigenvalue weighted by Gasteiger charge is -2.11. The lowest BCUT2D eigenvalue weighted by molar-refractivity contribution is 0.621. The first-order valence-corrected chi connectivity index (χ1v) is 7.19. The van der Waals surface area contributed by atoms with Crippen LogP contribution >= 0.6 is 15.9 Å². The highest BCUT2D eigenvalue weighted by molar-refractivity contribution is 9.10. The molecule has 106 valence electrons. The van der Waals surface area contributed by atoms with Crippen molar-refractivity contribution in [3.8, 4) is 0 Å². The van der Waals surface area contributed by atoms with Gasteiger partial charge in [0.25, 0.3) is 0 Å². The summed E-state index contributed by atoms with van der Waals surface area (Å²) in [4.78, 5) is 8.63. The maximum Gasteiger partial charge on any atom is 0.224 e. The number of hydrogen-bond donors (Lipinski definition) is 2. The number of halogens is 2. The first kappa shape index (κ1) is 14.7. The summed E-state index contributed by atoms with van der Waals surface area (Å²) in [7, 11) is 0. The molecular formula is C14H16BrFN4. The minimum Gasteiger partial charge on any atom is -0.354 e. The first-order valence-electron chi connectivity index (χ1n) is 6.39. The molecule has 0 aliphatic heterocycles. The number of rotatable bonds is 5. The van der Waals surface area contributed by atoms with Crippen LogP contribution < -0.4 is 10.6 Å². The number of nitrogens with one attached hydrogen (secondary N) is 2. The van der Waals surface area contributed by atoms with Gasteiger partial charge in [0.2, 0.25) is 5.95 Å². The van der Waals surface area contributed by atoms with Crippen molar-refractivity contribution in [2.75, 3.05) is 17.2 Å². The van der Waals surface area contributed by atoms with Gasteiger partial charge in [-0.15, -0.1) is 0 Å². The van der Waals surface area contributed by atoms with Gasteiger partial charge in [0.15, 0.2) is 0 Å². The molecule has 0 radical (unpaired) electrons. The Morgan fingerprint density at radius 1 is 1.35 bits per heavy atom. The van der Waals surface area contributed by atoms with Crippen LogP contribution in [0.5, 0.6) is 0 Å². The van der Waals surface area contributed by atoms with E-state index in [-0.39, 0.29) is 5.82 Å². The SMILES string of the molecule is CCCNc1ncc(C)c(Nc2ccc(F)c(Br)c2)n1. The van der Waals surface area contributed by atoms with Crippen LogP contribution in [0.3, 0.4) is 0 Å². The van der Waals surface area contributed by atoms with Crippen LogP contribution in [-0.4, -0.2) is 16.5 Å². The van der Waals surface area contributed by atoms with Gasteiger partial charge in [-0.1, -0.05) is 6.92 Å². The van der Waals surface area contributed by atoms with Crippen molar-refractivity contribution in [1.29, 1.82) is 0 Å². The van der Waals surface area contributed by atoms with E-state index in [9.17, 15) is 4.39 Å². The second-order valence-corrected chi connectivity index (χ2v) is 5.26. The van der Waals surface area contributed by atoms with Gasteiger partial charge in [0, 0.05) is 24.0 Å². The van der Waals surface area contributed by atoms with Crippen LogP contribution in [0.15, 0.2) is 28.9 Å². The predicted molar refractivity (Wildman–Crippen MR) is 82.9 cm³/mol. The molecule has 4 nitrogen and oxygen atoms in total. The Balaban J connectivity index is 2.20. The first-order chi connectivity index (χ1) is 9.60. The molecule has 0 fully saturated rings. The summed E-state index contributed by atoms with van der Waals surface area (Å²) in [6, 6.07) is 4.75. The zero-order valence-corrected chi connectivity index (χ0v) is 13.0. The number of nitrogens with zero attached hydrogens (tertiary/aromatic N) is 2. The molecule has 0 aliphatic carbocycles. The Bertz CT molecular complexity index is 604. The highest BCUT2D eigenvalue weighted by Gasteiger charge is 2.06. The highest BCUT2D eigenvalue weighted by Crippen LogP contribution is 2.24. The second kappa shape index (κ2) is 6.65. The van der Waals surface area contributed by atoms with Gasteiger partial charge in [-0.25, -0.2) is 9.37 Å². The topological polar surface area (TPSA) is 49.8 Å². The molecule has 0 saturated carbocycles. The van der Waals surface area contributed by atoms with Crippen LogP contribution in [0.2, 0.25) is 0 Å². The van der Waals surface area contributed by atoms with E-state index >= 15 is 0 Å². The molecule has 0 unspecified atom stereocenters. The lowest BCUT2D eigenvalue weighted by Crippen LogP contribution is -2.06. The third kappa shape index (κ3) is 3.66. The van der Waals surface area contributed by atoms with Crippen molar-refractivity contribution in [1.82, 2.24) is 9.97 Å². The minimum absolute atomic E-state index is 0.291. The van der Waals surface area contributed by atoms with E-state index < -0.39 is 0 Å². The van der Waals surface area contributed by atoms with E-state index in [0.717, 1.165) is 24.2 Å². The fourth-order valence-electron chi connectivity index (χ4n) is 1.60. The standard InChI is InChI=1S/C14H16BrFN4/c1-3-6-17-14-18-8-9(2)13(20-14)19-10-4-5-12(16)11(15)7-10/h4-5,7-8H,3,6H2,1-2H3,(H2,17,18,19,20). The van der Waals surface area contributed by atoms with Gasteiger partial charge in [0.1, 0.15) is 11.6 Å². The Kier molecular flexibility index (Phi) is 4.89. The summed E-state index contributed by atoms with van der Waals surface area (Å²) in [5.41, 5.74) is 1.69. The molecular weight excluding hydrogens is 323 g/mol. The fraction of sp³-hybridized carbons (Fsp3) is 0.286. The number of hydrogen-bond acceptors (Lipinski definition) is 4. The molecule has 2 N–H and O–H groups in total. The largest absolute Gasteiger partial charge is 0.354 e. The van der Waals surface area contributed by atoms with Crippen molar-refractivity contribution in [2.24, 2.45) is 0 Å². The predicted octanol–water partition coefficient (Wildman–Crippen LogP) is 4.25. The van der Waals surface area contributed by atoms with Crippen molar-refractivity contribution in [3.05, 3.63) is 40.2 Å². The van der Waals surface area contributed by atoms with Crippen molar-refractivity contribution in [2.45, 2.75) is 20.3 Å². The van der Waals surface area contributed by atoms with Crippen LogP contribution in [0.1, 0.15) is 18.9 Å². The molecule has 6 heteroatoms. The van der Waals surface area contributed by atoms with Crippen molar-refractivity contribution < 1.29 is 4.39 Å². The molecule has 2 aromatic rings. The van der Waals surface area contributed by atoms with E-state index in [4.69, 9.17) is 0 Å². The summed E-state index contributed by atoms with van der Waals surface area (Å²) >= 11 is 3.17. The van der Waals surface area contributed by atoms with Gasteiger partial charge < -0.3 is 10.6 Å². The molecule has 0 aliphatic rings. The number of benzene rings is 1. The van der Waals surface area contributed by atoms with Gasteiger partial charge in [-0.2, -0.15) is 4.98 Å². The molecule has 0 spiro atoms. The number of aryl methyl sites for hydroxylation is 1. The Morgan fingerprint density at radius 2 is 2.15 bits per heavy atom. The van der Waals surface area contributed by atoms with E-state index in [2.05, 4.69) is 43.5 Å². The summed E-state index contributed by atoms with van der Waals surface area (Å²) in [6.07, 6.45) is 2.76. The molecule has 20 heavy (non-hydrogen) atoms. The van der Waals surface area contributed by atoms with Crippen molar-refractivity contribution in [3.63, 3.8) is 0 Å². The van der Waals surface area contributed by atoms with E-state index in [1.165, 1.54) is 6.07 Å². The monoisotopic (exact) mass is 338 g/mol. The molecule has 0 amide bonds. The normalized spacial score (nSPS) is 10.4. The third-order valence-electron chi connectivity index (χ3n) is 2.69. The molecule has 0 saturated heterocycles. The zero-order valence-electron chi connectivity index (χ0n) is 11.4. The molecule has 0 atom stereocenters. The van der Waals surface area contributed by atoms with Gasteiger partial charge in [-0.3, -0.25) is 0 Å². The highest BCUT2D eigenvalue weighted by atomic mass is 79.9. The van der Waals surface area contributed by atoms with Gasteiger partial charge >= 0.3 is 0 Å². The summed E-state index contributed by atoms with van der Waals surface area (Å²) < 4.78 is 13.6. The van der Waals surface area contributed by atoms with Crippen LogP contribution in [0.25, 0.3) is 0 Å². The van der Waals surface area contributed by atoms with E-state index in [1.54, 1.807) is 18.3 Å². The van der Waals surface area contributed by atoms with Crippen LogP contribution in [0, 0.1) is 12.7 Å². The van der Waals surface area contributed by atoms with Gasteiger partial charge in [0.05, 0.1) is 4.47 Å². The van der Waals surface area contributed by atoms with Gasteiger partial charge in [-0.05, 0) is 47.5 Å². The smallest absolute Gasteiger partial charge is 0.224 e. The number of anilines is 3. The minimum atomic E-state index is -0.291. The second-order valence-electron chi connectivity index (χ2n) is 4.41. The lowest BCUT2D eigenvalue weighted by atomic mass is 10.3. The van der Waals surface area contributed by atoms with Crippen molar-refractivity contribution >= 4 is 33.4 Å². The quantitative estimate of drug-likeness (QED) is 0.855. The summed E-state index contributed by atoms with van der Waals surface area (Å²) in [6.45, 7) is 4.82. The summed E-state index contributed by atoms with van der Waals surface area (Å²) in [5.74, 6) is 0.999. The Labute approximate surface area is 126 Å². The fourth-order valence-corrected chi connectivity index (χ4v) is 1.98. The third-order valence-corrected chi connectivity index (χ3v) is 3.29. The Morgan fingerprint density at radius 3 is 2.85 bits per heavy atom. The zero-order chi connectivity index (χ0) is 14.5. The van der Waals surface area contributed by atoms with Crippen LogP contribution in [-0.2, 0) is 0 Å². The maximum absolute atomic E-state index is 13.2. The molecule has 1 aromatic heterocycles. The number of aromatic nitrogens is 2. The Hall–Kier alpha value is -1.69. The average Bonchev–Trinajstić information content (AvgIpc) is 2.44. The van der Waals surface area contributed by atoms with E-state index in [0.29, 0.717) is 16.2 Å². The molecule has 0 bridgehead atoms. The molecule has 1 heterocycles. The average molecular weight is 339 g/mol. The van der Waals surface area contributed by atoms with Crippen LogP contribution in [0.4, 0.5) is 21.8 Å². The summed E-state index contributed by atoms with van der Waals surface area (Å²) in [5, 5.41) is 6.31. The molecule has 2 rings (SSSR count). The van der Waals surface area contributed by atoms with E-state index in [1.807, 2.05) is 6.92 Å². The molecule has 1 aromatic carbocycles.